The molecule has 0 fully saturated rings. The number of carbonyl (C=O) groups is 2. The average molecular weight is 395 g/mol. The van der Waals surface area contributed by atoms with E-state index in [2.05, 4.69) is 10.4 Å². The van der Waals surface area contributed by atoms with Crippen LogP contribution in [0.5, 0.6) is 11.5 Å². The van der Waals surface area contributed by atoms with E-state index >= 15 is 0 Å². The van der Waals surface area contributed by atoms with Crippen molar-refractivity contribution in [3.8, 4) is 11.5 Å². The van der Waals surface area contributed by atoms with Gasteiger partial charge in [-0.3, -0.25) is 9.59 Å². The van der Waals surface area contributed by atoms with Gasteiger partial charge in [-0.1, -0.05) is 6.07 Å². The second-order valence-corrected chi connectivity index (χ2v) is 5.34. The molecule has 0 atom stereocenters. The van der Waals surface area contributed by atoms with Gasteiger partial charge in [0.05, 0.1) is 26.0 Å². The summed E-state index contributed by atoms with van der Waals surface area (Å²) in [6.45, 7) is 0. The van der Waals surface area contributed by atoms with E-state index in [1.165, 1.54) is 26.5 Å². The number of ether oxygens (including phenoxy) is 2. The number of hydrogen-bond acceptors (Lipinski definition) is 5. The number of alkyl halides is 3. The van der Waals surface area contributed by atoms with Crippen molar-refractivity contribution >= 4 is 23.7 Å². The molecule has 28 heavy (non-hydrogen) atoms. The molecule has 2 rings (SSSR count). The maximum Gasteiger partial charge on any atom is 0.416 e. The Kier molecular flexibility index (Phi) is 6.59. The molecule has 2 aromatic carbocycles. The van der Waals surface area contributed by atoms with Gasteiger partial charge in [0.1, 0.15) is 11.5 Å². The summed E-state index contributed by atoms with van der Waals surface area (Å²) < 4.78 is 48.2. The van der Waals surface area contributed by atoms with E-state index in [9.17, 15) is 22.8 Å². The Labute approximate surface area is 158 Å². The van der Waals surface area contributed by atoms with Gasteiger partial charge in [-0.25, -0.2) is 5.43 Å². The van der Waals surface area contributed by atoms with Crippen molar-refractivity contribution in [2.75, 3.05) is 19.5 Å². The molecule has 2 N–H and O–H groups in total. The Morgan fingerprint density at radius 2 is 1.79 bits per heavy atom. The van der Waals surface area contributed by atoms with E-state index in [1.54, 1.807) is 18.2 Å². The lowest BCUT2D eigenvalue weighted by molar-refractivity contribution is -0.137. The third-order valence-electron chi connectivity index (χ3n) is 3.46. The number of amides is 2. The Bertz CT molecular complexity index is 898. The Morgan fingerprint density at radius 1 is 1.04 bits per heavy atom. The first-order valence-electron chi connectivity index (χ1n) is 7.78. The SMILES string of the molecule is COc1ccc(/C=N/NC(=O)C(=O)Nc2cccc(C(F)(F)F)c2)c(OC)c1. The highest BCUT2D eigenvalue weighted by Gasteiger charge is 2.30. The van der Waals surface area contributed by atoms with Crippen molar-refractivity contribution in [1.82, 2.24) is 5.43 Å². The van der Waals surface area contributed by atoms with Crippen molar-refractivity contribution in [2.24, 2.45) is 5.10 Å². The summed E-state index contributed by atoms with van der Waals surface area (Å²) in [4.78, 5) is 23.6. The number of benzene rings is 2. The van der Waals surface area contributed by atoms with Gasteiger partial charge in [-0.15, -0.1) is 0 Å². The predicted octanol–water partition coefficient (Wildman–Crippen LogP) is 2.81. The molecule has 0 unspecified atom stereocenters. The van der Waals surface area contributed by atoms with Crippen molar-refractivity contribution in [3.05, 3.63) is 53.6 Å². The maximum atomic E-state index is 12.7. The second-order valence-electron chi connectivity index (χ2n) is 5.34. The molecule has 0 saturated carbocycles. The zero-order valence-corrected chi connectivity index (χ0v) is 14.8. The van der Waals surface area contributed by atoms with Gasteiger partial charge in [-0.2, -0.15) is 18.3 Å². The number of halogens is 3. The van der Waals surface area contributed by atoms with E-state index < -0.39 is 23.6 Å². The normalized spacial score (nSPS) is 11.2. The van der Waals surface area contributed by atoms with Gasteiger partial charge in [0, 0.05) is 17.3 Å². The largest absolute Gasteiger partial charge is 0.497 e. The fourth-order valence-electron chi connectivity index (χ4n) is 2.10. The highest BCUT2D eigenvalue weighted by atomic mass is 19.4. The Balaban J connectivity index is 2.00. The van der Waals surface area contributed by atoms with Crippen LogP contribution in [0.4, 0.5) is 18.9 Å². The summed E-state index contributed by atoms with van der Waals surface area (Å²) in [5, 5.41) is 5.71. The lowest BCUT2D eigenvalue weighted by Crippen LogP contribution is -2.32. The zero-order chi connectivity index (χ0) is 20.7. The molecule has 0 bridgehead atoms. The van der Waals surface area contributed by atoms with Crippen LogP contribution in [-0.4, -0.2) is 32.2 Å². The van der Waals surface area contributed by atoms with Crippen LogP contribution in [0, 0.1) is 0 Å². The van der Waals surface area contributed by atoms with Crippen LogP contribution < -0.4 is 20.2 Å². The fraction of sp³-hybridized carbons (Fsp3) is 0.167. The molecule has 0 spiro atoms. The number of nitrogens with one attached hydrogen (secondary N) is 2. The Hall–Kier alpha value is -3.56. The molecular formula is C18H16F3N3O4. The molecule has 7 nitrogen and oxygen atoms in total. The number of nitrogens with zero attached hydrogens (tertiary/aromatic N) is 1. The zero-order valence-electron chi connectivity index (χ0n) is 14.8. The summed E-state index contributed by atoms with van der Waals surface area (Å²) in [6, 6.07) is 8.78. The molecule has 0 aliphatic rings. The van der Waals surface area contributed by atoms with Crippen LogP contribution in [0.25, 0.3) is 0 Å². The topological polar surface area (TPSA) is 89.0 Å². The number of hydrazone groups is 1. The Morgan fingerprint density at radius 3 is 2.43 bits per heavy atom. The summed E-state index contributed by atoms with van der Waals surface area (Å²) in [7, 11) is 2.93. The van der Waals surface area contributed by atoms with Crippen molar-refractivity contribution in [1.29, 1.82) is 0 Å². The van der Waals surface area contributed by atoms with Gasteiger partial charge < -0.3 is 14.8 Å². The molecule has 10 heteroatoms. The first-order chi connectivity index (χ1) is 13.2. The first kappa shape index (κ1) is 20.7. The molecule has 0 aliphatic carbocycles. The first-order valence-corrected chi connectivity index (χ1v) is 7.78. The highest BCUT2D eigenvalue weighted by Crippen LogP contribution is 2.30. The monoisotopic (exact) mass is 395 g/mol. The highest BCUT2D eigenvalue weighted by molar-refractivity contribution is 6.39. The maximum absolute atomic E-state index is 12.7. The smallest absolute Gasteiger partial charge is 0.416 e. The van der Waals surface area contributed by atoms with E-state index in [0.717, 1.165) is 18.2 Å². The van der Waals surface area contributed by atoms with Gasteiger partial charge >= 0.3 is 18.0 Å². The molecule has 0 aliphatic heterocycles. The molecule has 2 aromatic rings. The van der Waals surface area contributed by atoms with E-state index in [0.29, 0.717) is 17.1 Å². The molecular weight excluding hydrogens is 379 g/mol. The van der Waals surface area contributed by atoms with E-state index in [1.807, 2.05) is 5.43 Å². The summed E-state index contributed by atoms with van der Waals surface area (Å²) in [6.07, 6.45) is -3.32. The lowest BCUT2D eigenvalue weighted by atomic mass is 10.2. The van der Waals surface area contributed by atoms with Gasteiger partial charge in [0.2, 0.25) is 0 Å². The minimum atomic E-state index is -4.56. The quantitative estimate of drug-likeness (QED) is 0.463. The minimum Gasteiger partial charge on any atom is -0.497 e. The second kappa shape index (κ2) is 8.89. The number of rotatable bonds is 5. The van der Waals surface area contributed by atoms with Crippen LogP contribution in [0.3, 0.4) is 0 Å². The number of methoxy groups -OCH3 is 2. The van der Waals surface area contributed by atoms with E-state index in [4.69, 9.17) is 9.47 Å². The van der Waals surface area contributed by atoms with Gasteiger partial charge in [0.15, 0.2) is 0 Å². The number of carbonyl (C=O) groups excluding carboxylic acids is 2. The summed E-state index contributed by atoms with van der Waals surface area (Å²) >= 11 is 0. The molecule has 148 valence electrons. The third-order valence-corrected chi connectivity index (χ3v) is 3.46. The standard InChI is InChI=1S/C18H16F3N3O4/c1-27-14-7-6-11(15(9-14)28-2)10-22-24-17(26)16(25)23-13-5-3-4-12(8-13)18(19,20)21/h3-10H,1-2H3,(H,23,25)(H,24,26)/b22-10+. The number of hydrogen-bond donors (Lipinski definition) is 2. The molecule has 0 saturated heterocycles. The van der Waals surface area contributed by atoms with Crippen molar-refractivity contribution < 1.29 is 32.2 Å². The van der Waals surface area contributed by atoms with Crippen molar-refractivity contribution in [3.63, 3.8) is 0 Å². The molecule has 0 heterocycles. The van der Waals surface area contributed by atoms with Crippen LogP contribution in [-0.2, 0) is 15.8 Å². The van der Waals surface area contributed by atoms with Crippen LogP contribution in [0.15, 0.2) is 47.6 Å². The van der Waals surface area contributed by atoms with Gasteiger partial charge in [0.25, 0.3) is 0 Å². The predicted molar refractivity (Wildman–Crippen MR) is 95.4 cm³/mol. The molecule has 2 amide bonds. The van der Waals surface area contributed by atoms with Crippen molar-refractivity contribution in [2.45, 2.75) is 6.18 Å². The van der Waals surface area contributed by atoms with E-state index in [-0.39, 0.29) is 5.69 Å². The minimum absolute atomic E-state index is 0.171. The van der Waals surface area contributed by atoms with Crippen LogP contribution in [0.1, 0.15) is 11.1 Å². The summed E-state index contributed by atoms with van der Waals surface area (Å²) in [5.74, 6) is -1.34. The third kappa shape index (κ3) is 5.47. The molecule has 0 radical (unpaired) electrons. The fourth-order valence-corrected chi connectivity index (χ4v) is 2.10. The van der Waals surface area contributed by atoms with Gasteiger partial charge in [-0.05, 0) is 30.3 Å². The molecule has 0 aromatic heterocycles. The lowest BCUT2D eigenvalue weighted by Gasteiger charge is -2.09. The van der Waals surface area contributed by atoms with Crippen LogP contribution in [0.2, 0.25) is 0 Å². The van der Waals surface area contributed by atoms with Crippen LogP contribution >= 0.6 is 0 Å². The summed E-state index contributed by atoms with van der Waals surface area (Å²) in [5.41, 5.74) is 1.37. The average Bonchev–Trinajstić information content (AvgIpc) is 2.67. The number of anilines is 1.